The van der Waals surface area contributed by atoms with Gasteiger partial charge in [0.05, 0.1) is 12.7 Å². The Kier molecular flexibility index (Phi) is 4.20. The second kappa shape index (κ2) is 5.20. The van der Waals surface area contributed by atoms with E-state index < -0.39 is 0 Å². The molecule has 1 aliphatic heterocycles. The summed E-state index contributed by atoms with van der Waals surface area (Å²) >= 11 is 0. The molecule has 0 aromatic heterocycles. The second-order valence-electron chi connectivity index (χ2n) is 3.95. The van der Waals surface area contributed by atoms with Crippen LogP contribution in [0.5, 0.6) is 0 Å². The minimum Gasteiger partial charge on any atom is -0.375 e. The normalized spacial score (nSPS) is 22.6. The molecule has 1 aliphatic rings. The number of carbonyl (C=O) groups excluding carboxylic acids is 1. The molecule has 0 bridgehead atoms. The fraction of sp³-hybridized carbons (Fsp3) is 0.900. The van der Waals surface area contributed by atoms with Crippen LogP contribution in [0.2, 0.25) is 0 Å². The lowest BCUT2D eigenvalue weighted by atomic mass is 10.2. The number of ether oxygens (including phenoxy) is 1. The monoisotopic (exact) mass is 200 g/mol. The summed E-state index contributed by atoms with van der Waals surface area (Å²) < 4.78 is 5.49. The van der Waals surface area contributed by atoms with Gasteiger partial charge in [-0.15, -0.1) is 0 Å². The number of nitrogens with zero attached hydrogens (tertiary/aromatic N) is 1. The third kappa shape index (κ3) is 3.18. The molecule has 4 nitrogen and oxygen atoms in total. The first-order chi connectivity index (χ1) is 6.63. The summed E-state index contributed by atoms with van der Waals surface area (Å²) in [6.45, 7) is 8.09. The number of rotatable bonds is 2. The number of amides is 2. The highest BCUT2D eigenvalue weighted by molar-refractivity contribution is 5.74. The molecule has 0 spiro atoms. The Hall–Kier alpha value is -0.770. The van der Waals surface area contributed by atoms with E-state index in [4.69, 9.17) is 4.74 Å². The topological polar surface area (TPSA) is 41.6 Å². The Morgan fingerprint density at radius 1 is 1.64 bits per heavy atom. The third-order valence-electron chi connectivity index (χ3n) is 2.29. The van der Waals surface area contributed by atoms with Crippen LogP contribution >= 0.6 is 0 Å². The average molecular weight is 200 g/mol. The number of hydrogen-bond acceptors (Lipinski definition) is 2. The maximum atomic E-state index is 11.6. The number of hydrogen-bond donors (Lipinski definition) is 1. The van der Waals surface area contributed by atoms with Gasteiger partial charge in [-0.2, -0.15) is 0 Å². The van der Waals surface area contributed by atoms with Gasteiger partial charge in [0.1, 0.15) is 0 Å². The molecule has 1 saturated heterocycles. The van der Waals surface area contributed by atoms with Crippen molar-refractivity contribution in [3.8, 4) is 0 Å². The van der Waals surface area contributed by atoms with Gasteiger partial charge in [-0.05, 0) is 20.3 Å². The van der Waals surface area contributed by atoms with Crippen molar-refractivity contribution in [2.75, 3.05) is 19.7 Å². The Balaban J connectivity index is 2.39. The van der Waals surface area contributed by atoms with Crippen molar-refractivity contribution < 1.29 is 9.53 Å². The Bertz CT molecular complexity index is 195. The van der Waals surface area contributed by atoms with Crippen LogP contribution in [-0.2, 0) is 4.74 Å². The minimum absolute atomic E-state index is 0.0294. The van der Waals surface area contributed by atoms with Crippen LogP contribution in [-0.4, -0.2) is 42.8 Å². The smallest absolute Gasteiger partial charge is 0.317 e. The van der Waals surface area contributed by atoms with Crippen molar-refractivity contribution in [3.63, 3.8) is 0 Å². The van der Waals surface area contributed by atoms with Gasteiger partial charge >= 0.3 is 6.03 Å². The number of nitrogens with one attached hydrogen (secondary N) is 1. The van der Waals surface area contributed by atoms with Crippen LogP contribution in [0.15, 0.2) is 0 Å². The van der Waals surface area contributed by atoms with E-state index in [0.717, 1.165) is 13.0 Å². The van der Waals surface area contributed by atoms with E-state index in [1.807, 2.05) is 18.7 Å². The fourth-order valence-electron chi connectivity index (χ4n) is 1.49. The summed E-state index contributed by atoms with van der Waals surface area (Å²) in [4.78, 5) is 13.5. The van der Waals surface area contributed by atoms with Crippen LogP contribution < -0.4 is 5.32 Å². The summed E-state index contributed by atoms with van der Waals surface area (Å²) in [6, 6.07) is 0.229. The van der Waals surface area contributed by atoms with Gasteiger partial charge in [-0.25, -0.2) is 4.79 Å². The maximum Gasteiger partial charge on any atom is 0.317 e. The van der Waals surface area contributed by atoms with Gasteiger partial charge in [0.15, 0.2) is 0 Å². The predicted octanol–water partition coefficient (Wildman–Crippen LogP) is 1.22. The summed E-state index contributed by atoms with van der Waals surface area (Å²) in [5, 5.41) is 2.89. The van der Waals surface area contributed by atoms with E-state index in [1.54, 1.807) is 0 Å². The molecule has 2 amide bonds. The van der Waals surface area contributed by atoms with E-state index in [2.05, 4.69) is 12.2 Å². The predicted molar refractivity (Wildman–Crippen MR) is 55.3 cm³/mol. The van der Waals surface area contributed by atoms with Gasteiger partial charge in [0.2, 0.25) is 0 Å². The van der Waals surface area contributed by atoms with Gasteiger partial charge in [-0.3, -0.25) is 0 Å². The highest BCUT2D eigenvalue weighted by Gasteiger charge is 2.22. The average Bonchev–Trinajstić information content (AvgIpc) is 2.17. The first-order valence-electron chi connectivity index (χ1n) is 5.30. The molecule has 1 unspecified atom stereocenters. The van der Waals surface area contributed by atoms with E-state index in [1.165, 1.54) is 0 Å². The van der Waals surface area contributed by atoms with Crippen molar-refractivity contribution in [2.45, 2.75) is 39.3 Å². The lowest BCUT2D eigenvalue weighted by Crippen LogP contribution is -2.50. The lowest BCUT2D eigenvalue weighted by Gasteiger charge is -2.33. The summed E-state index contributed by atoms with van der Waals surface area (Å²) in [6.07, 6.45) is 1.17. The molecule has 0 aromatic carbocycles. The standard InChI is InChI=1S/C10H20N2O2/c1-4-9-7-12(5-6-14-9)10(13)11-8(2)3/h8-9H,4-7H2,1-3H3,(H,11,13). The van der Waals surface area contributed by atoms with Crippen LogP contribution in [0.25, 0.3) is 0 Å². The Morgan fingerprint density at radius 2 is 2.36 bits per heavy atom. The summed E-state index contributed by atoms with van der Waals surface area (Å²) in [7, 11) is 0. The zero-order valence-corrected chi connectivity index (χ0v) is 9.25. The van der Waals surface area contributed by atoms with E-state index in [-0.39, 0.29) is 18.2 Å². The highest BCUT2D eigenvalue weighted by Crippen LogP contribution is 2.08. The maximum absolute atomic E-state index is 11.6. The molecule has 1 atom stereocenters. The largest absolute Gasteiger partial charge is 0.375 e. The Labute approximate surface area is 85.6 Å². The van der Waals surface area contributed by atoms with Gasteiger partial charge in [0, 0.05) is 19.1 Å². The lowest BCUT2D eigenvalue weighted by molar-refractivity contribution is -0.0155. The van der Waals surface area contributed by atoms with Crippen molar-refractivity contribution in [1.82, 2.24) is 10.2 Å². The number of morpholine rings is 1. The van der Waals surface area contributed by atoms with Crippen LogP contribution in [0.1, 0.15) is 27.2 Å². The van der Waals surface area contributed by atoms with Crippen molar-refractivity contribution in [3.05, 3.63) is 0 Å². The molecule has 0 saturated carbocycles. The van der Waals surface area contributed by atoms with Crippen molar-refractivity contribution >= 4 is 6.03 Å². The van der Waals surface area contributed by atoms with Crippen LogP contribution in [0, 0.1) is 0 Å². The van der Waals surface area contributed by atoms with Crippen molar-refractivity contribution in [2.24, 2.45) is 0 Å². The molecule has 0 aromatic rings. The molecule has 0 aliphatic carbocycles. The molecule has 1 rings (SSSR count). The first-order valence-corrected chi connectivity index (χ1v) is 5.30. The molecule has 0 radical (unpaired) electrons. The molecule has 4 heteroatoms. The molecular weight excluding hydrogens is 180 g/mol. The van der Waals surface area contributed by atoms with E-state index in [9.17, 15) is 4.79 Å². The number of urea groups is 1. The summed E-state index contributed by atoms with van der Waals surface area (Å²) in [5.74, 6) is 0. The zero-order chi connectivity index (χ0) is 10.6. The van der Waals surface area contributed by atoms with Gasteiger partial charge < -0.3 is 15.0 Å². The first kappa shape index (κ1) is 11.3. The molecule has 1 N–H and O–H groups in total. The SMILES string of the molecule is CCC1CN(C(=O)NC(C)C)CCO1. The van der Waals surface area contributed by atoms with E-state index >= 15 is 0 Å². The van der Waals surface area contributed by atoms with E-state index in [0.29, 0.717) is 13.2 Å². The minimum atomic E-state index is 0.0294. The second-order valence-corrected chi connectivity index (χ2v) is 3.95. The molecule has 1 fully saturated rings. The Morgan fingerprint density at radius 3 is 2.93 bits per heavy atom. The number of carbonyl (C=O) groups is 1. The molecular formula is C10H20N2O2. The van der Waals surface area contributed by atoms with Gasteiger partial charge in [0.25, 0.3) is 0 Å². The molecule has 14 heavy (non-hydrogen) atoms. The third-order valence-corrected chi connectivity index (χ3v) is 2.29. The van der Waals surface area contributed by atoms with Gasteiger partial charge in [-0.1, -0.05) is 6.92 Å². The quantitative estimate of drug-likeness (QED) is 0.728. The molecule has 1 heterocycles. The summed E-state index contributed by atoms with van der Waals surface area (Å²) in [5.41, 5.74) is 0. The van der Waals surface area contributed by atoms with Crippen LogP contribution in [0.3, 0.4) is 0 Å². The fourth-order valence-corrected chi connectivity index (χ4v) is 1.49. The van der Waals surface area contributed by atoms with Crippen molar-refractivity contribution in [1.29, 1.82) is 0 Å². The zero-order valence-electron chi connectivity index (χ0n) is 9.25. The highest BCUT2D eigenvalue weighted by atomic mass is 16.5. The molecule has 82 valence electrons. The van der Waals surface area contributed by atoms with Crippen LogP contribution in [0.4, 0.5) is 4.79 Å².